The fraction of sp³-hybridized carbons (Fsp3) is 0.132. The molecular formula is C53H48N4Si2. The number of benzene rings is 7. The van der Waals surface area contributed by atoms with Gasteiger partial charge in [0, 0.05) is 34.1 Å². The van der Waals surface area contributed by atoms with Crippen LogP contribution >= 0.6 is 0 Å². The Labute approximate surface area is 351 Å². The van der Waals surface area contributed by atoms with E-state index in [1.807, 2.05) is 48.5 Å². The van der Waals surface area contributed by atoms with Crippen molar-refractivity contribution in [3.8, 4) is 17.2 Å². The van der Waals surface area contributed by atoms with Crippen molar-refractivity contribution in [2.75, 3.05) is 9.80 Å². The van der Waals surface area contributed by atoms with Crippen LogP contribution in [-0.4, -0.2) is 16.1 Å². The Bertz CT molecular complexity index is 2740. The van der Waals surface area contributed by atoms with E-state index in [9.17, 15) is 5.26 Å². The highest BCUT2D eigenvalue weighted by atomic mass is 28.3. The number of fused-ring (bicyclic) bond motifs is 3. The van der Waals surface area contributed by atoms with Crippen LogP contribution in [0.4, 0.5) is 39.8 Å². The summed E-state index contributed by atoms with van der Waals surface area (Å²) in [7, 11) is -2.88. The minimum atomic E-state index is -1.45. The molecule has 0 heterocycles. The van der Waals surface area contributed by atoms with Gasteiger partial charge in [0.15, 0.2) is 5.69 Å². The topological polar surface area (TPSA) is 34.6 Å². The molecule has 4 nitrogen and oxygen atoms in total. The van der Waals surface area contributed by atoms with Crippen LogP contribution in [0.5, 0.6) is 0 Å². The summed E-state index contributed by atoms with van der Waals surface area (Å²) in [5, 5.41) is 12.3. The average Bonchev–Trinajstić information content (AvgIpc) is 3.61. The van der Waals surface area contributed by atoms with Crippen molar-refractivity contribution in [3.63, 3.8) is 0 Å². The number of nitriles is 1. The number of hydrogen-bond donors (Lipinski definition) is 0. The Hall–Kier alpha value is -6.71. The van der Waals surface area contributed by atoms with Crippen molar-refractivity contribution in [3.05, 3.63) is 197 Å². The van der Waals surface area contributed by atoms with Crippen LogP contribution in [0.3, 0.4) is 0 Å². The first-order chi connectivity index (χ1) is 28.4. The quantitative estimate of drug-likeness (QED) is 0.0785. The molecule has 0 unspecified atom stereocenters. The summed E-state index contributed by atoms with van der Waals surface area (Å²) >= 11 is 0. The summed E-state index contributed by atoms with van der Waals surface area (Å²) in [4.78, 5) is 8.18. The van der Waals surface area contributed by atoms with Crippen LogP contribution in [0.25, 0.3) is 28.1 Å². The lowest BCUT2D eigenvalue weighted by Gasteiger charge is -2.27. The van der Waals surface area contributed by atoms with E-state index >= 15 is 0 Å². The number of anilines is 6. The summed E-state index contributed by atoms with van der Waals surface area (Å²) < 4.78 is 0. The van der Waals surface area contributed by atoms with Gasteiger partial charge in [0.1, 0.15) is 0 Å². The molecule has 7 aromatic carbocycles. The van der Waals surface area contributed by atoms with Gasteiger partial charge in [-0.05, 0) is 125 Å². The molecule has 0 radical (unpaired) electrons. The second-order valence-corrected chi connectivity index (χ2v) is 27.6. The Kier molecular flexibility index (Phi) is 10.6. The van der Waals surface area contributed by atoms with Gasteiger partial charge < -0.3 is 9.80 Å². The molecule has 0 aliphatic heterocycles. The van der Waals surface area contributed by atoms with E-state index in [1.165, 1.54) is 38.2 Å². The van der Waals surface area contributed by atoms with Gasteiger partial charge in [-0.1, -0.05) is 135 Å². The maximum absolute atomic E-state index is 9.42. The van der Waals surface area contributed by atoms with E-state index in [2.05, 4.69) is 181 Å². The van der Waals surface area contributed by atoms with Gasteiger partial charge in [-0.25, -0.2) is 4.85 Å². The molecule has 0 amide bonds. The van der Waals surface area contributed by atoms with Crippen molar-refractivity contribution < 1.29 is 0 Å². The molecule has 0 saturated heterocycles. The fourth-order valence-electron chi connectivity index (χ4n) is 7.86. The summed E-state index contributed by atoms with van der Waals surface area (Å²) in [5.41, 5.74) is 15.2. The lowest BCUT2D eigenvalue weighted by Crippen LogP contribution is -2.37. The standard InChI is InChI=1S/C53H48N4Si2/c1-55-43-15-21-46(22-16-43)57(48-25-30-51(31-26-48)59(5,6)7)49-27-33-53-42(36-49)35-41-34-39(14-32-52(41)53)9-8-38-10-17-44(18-11-38)56(45-19-12-40(37-54)13-20-45)47-23-28-50(29-24-47)58(2,3)4/h8-34,36H,35H2,2-7H3/b9-8+. The van der Waals surface area contributed by atoms with E-state index in [0.717, 1.165) is 46.1 Å². The molecule has 0 bridgehead atoms. The normalized spacial score (nSPS) is 12.1. The lowest BCUT2D eigenvalue weighted by atomic mass is 10.0. The van der Waals surface area contributed by atoms with Crippen LogP contribution in [-0.2, 0) is 6.42 Å². The van der Waals surface area contributed by atoms with Crippen molar-refractivity contribution in [1.82, 2.24) is 0 Å². The van der Waals surface area contributed by atoms with Crippen LogP contribution in [0.2, 0.25) is 39.3 Å². The Morgan fingerprint density at radius 2 is 0.881 bits per heavy atom. The number of hydrogen-bond acceptors (Lipinski definition) is 3. The molecule has 0 N–H and O–H groups in total. The number of nitrogens with zero attached hydrogens (tertiary/aromatic N) is 4. The van der Waals surface area contributed by atoms with Gasteiger partial charge in [0.2, 0.25) is 0 Å². The van der Waals surface area contributed by atoms with E-state index < -0.39 is 16.1 Å². The molecule has 1 aliphatic rings. The van der Waals surface area contributed by atoms with Crippen molar-refractivity contribution in [2.24, 2.45) is 0 Å². The molecule has 288 valence electrons. The van der Waals surface area contributed by atoms with E-state index in [1.54, 1.807) is 0 Å². The molecule has 0 saturated carbocycles. The molecule has 1 aliphatic carbocycles. The molecule has 7 aromatic rings. The minimum absolute atomic E-state index is 0.638. The zero-order chi connectivity index (χ0) is 41.3. The zero-order valence-electron chi connectivity index (χ0n) is 34.7. The van der Waals surface area contributed by atoms with Crippen LogP contribution in [0.1, 0.15) is 27.8 Å². The molecule has 0 aromatic heterocycles. The third-order valence-corrected chi connectivity index (χ3v) is 15.4. The van der Waals surface area contributed by atoms with Gasteiger partial charge in [-0.3, -0.25) is 0 Å². The van der Waals surface area contributed by atoms with Gasteiger partial charge in [0.05, 0.1) is 34.4 Å². The van der Waals surface area contributed by atoms with Crippen molar-refractivity contribution in [2.45, 2.75) is 45.7 Å². The fourth-order valence-corrected chi connectivity index (χ4v) is 10.2. The van der Waals surface area contributed by atoms with Crippen molar-refractivity contribution in [1.29, 1.82) is 5.26 Å². The molecule has 0 atom stereocenters. The SMILES string of the molecule is [C-]#[N+]c1ccc(N(c2ccc([Si](C)(C)C)cc2)c2ccc3c(c2)Cc2cc(/C=C/c4ccc(N(c5ccc(C#N)cc5)c5ccc([Si](C)(C)C)cc5)cc4)ccc2-3)cc1. The predicted octanol–water partition coefficient (Wildman–Crippen LogP) is 13.9. The summed E-state index contributed by atoms with van der Waals surface area (Å²) in [6, 6.07) is 58.3. The maximum atomic E-state index is 9.42. The Balaban J connectivity index is 1.03. The average molecular weight is 797 g/mol. The number of rotatable bonds is 10. The monoisotopic (exact) mass is 796 g/mol. The highest BCUT2D eigenvalue weighted by molar-refractivity contribution is 6.89. The van der Waals surface area contributed by atoms with Crippen molar-refractivity contribution >= 4 is 78.5 Å². The largest absolute Gasteiger partial charge is 0.311 e. The Morgan fingerprint density at radius 3 is 1.37 bits per heavy atom. The van der Waals surface area contributed by atoms with E-state index in [0.29, 0.717) is 11.3 Å². The third kappa shape index (κ3) is 8.33. The van der Waals surface area contributed by atoms with E-state index in [-0.39, 0.29) is 0 Å². The smallest absolute Gasteiger partial charge is 0.187 e. The molecule has 0 spiro atoms. The van der Waals surface area contributed by atoms with Gasteiger partial charge in [-0.2, -0.15) is 5.26 Å². The predicted molar refractivity (Wildman–Crippen MR) is 256 cm³/mol. The lowest BCUT2D eigenvalue weighted by molar-refractivity contribution is 1.23. The molecule has 8 rings (SSSR count). The van der Waals surface area contributed by atoms with Gasteiger partial charge in [0.25, 0.3) is 0 Å². The molecule has 6 heteroatoms. The highest BCUT2D eigenvalue weighted by Gasteiger charge is 2.23. The maximum Gasteiger partial charge on any atom is 0.187 e. The zero-order valence-corrected chi connectivity index (χ0v) is 36.7. The molecule has 59 heavy (non-hydrogen) atoms. The minimum Gasteiger partial charge on any atom is -0.311 e. The first-order valence-electron chi connectivity index (χ1n) is 20.2. The summed E-state index contributed by atoms with van der Waals surface area (Å²) in [6.45, 7) is 21.7. The first-order valence-corrected chi connectivity index (χ1v) is 27.2. The third-order valence-electron chi connectivity index (χ3n) is 11.2. The highest BCUT2D eigenvalue weighted by Crippen LogP contribution is 2.43. The van der Waals surface area contributed by atoms with Crippen LogP contribution in [0, 0.1) is 17.9 Å². The second kappa shape index (κ2) is 15.9. The summed E-state index contributed by atoms with van der Waals surface area (Å²) in [6.07, 6.45) is 5.26. The van der Waals surface area contributed by atoms with E-state index in [4.69, 9.17) is 6.57 Å². The van der Waals surface area contributed by atoms with Crippen LogP contribution < -0.4 is 20.2 Å². The Morgan fingerprint density at radius 1 is 0.492 bits per heavy atom. The van der Waals surface area contributed by atoms with Gasteiger partial charge >= 0.3 is 0 Å². The summed E-state index contributed by atoms with van der Waals surface area (Å²) in [5.74, 6) is 0. The first kappa shape index (κ1) is 39.1. The van der Waals surface area contributed by atoms with Gasteiger partial charge in [-0.15, -0.1) is 0 Å². The second-order valence-electron chi connectivity index (χ2n) is 17.4. The molecule has 0 fully saturated rings. The van der Waals surface area contributed by atoms with Crippen LogP contribution in [0.15, 0.2) is 158 Å². The molecular weight excluding hydrogens is 749 g/mol.